The lowest BCUT2D eigenvalue weighted by Crippen LogP contribution is -2.32. The summed E-state index contributed by atoms with van der Waals surface area (Å²) in [5.74, 6) is -0.848. The lowest BCUT2D eigenvalue weighted by molar-refractivity contribution is -0.613. The highest BCUT2D eigenvalue weighted by molar-refractivity contribution is 6.00. The van der Waals surface area contributed by atoms with E-state index in [1.807, 2.05) is 0 Å². The molecule has 0 aromatic carbocycles. The van der Waals surface area contributed by atoms with Gasteiger partial charge in [-0.3, -0.25) is 9.20 Å². The number of hydrogen-bond acceptors (Lipinski definition) is 5. The van der Waals surface area contributed by atoms with Gasteiger partial charge < -0.3 is 9.94 Å². The van der Waals surface area contributed by atoms with Crippen molar-refractivity contribution in [3.05, 3.63) is 71.2 Å². The van der Waals surface area contributed by atoms with E-state index < -0.39 is 5.97 Å². The number of hydrogen-bond donors (Lipinski definition) is 0. The van der Waals surface area contributed by atoms with Crippen molar-refractivity contribution >= 4 is 17.3 Å². The monoisotopic (exact) mass is 325 g/mol. The Morgan fingerprint density at radius 2 is 2.04 bits per heavy atom. The van der Waals surface area contributed by atoms with Crippen LogP contribution in [0.5, 0.6) is 0 Å². The van der Waals surface area contributed by atoms with Crippen LogP contribution in [0.15, 0.2) is 48.8 Å². The van der Waals surface area contributed by atoms with Gasteiger partial charge in [-0.25, -0.2) is 9.78 Å². The topological polar surface area (TPSA) is 87.6 Å². The number of ether oxygens (including phenoxy) is 1. The van der Waals surface area contributed by atoms with Crippen LogP contribution >= 0.6 is 0 Å². The van der Waals surface area contributed by atoms with E-state index in [2.05, 4.69) is 4.98 Å². The number of Topliss-reactive ketones (excluding diaryl/α,β-unsaturated/α-hetero) is 1. The summed E-state index contributed by atoms with van der Waals surface area (Å²) in [6, 6.07) is 10.0. The summed E-state index contributed by atoms with van der Waals surface area (Å²) >= 11 is 0. The fraction of sp³-hybridized carbons (Fsp3) is 0.176. The molecular formula is C17H15N3O4. The van der Waals surface area contributed by atoms with Gasteiger partial charge in [-0.05, 0) is 25.1 Å². The van der Waals surface area contributed by atoms with Crippen LogP contribution in [0.25, 0.3) is 5.52 Å². The maximum atomic E-state index is 12.6. The fourth-order valence-corrected chi connectivity index (χ4v) is 2.43. The van der Waals surface area contributed by atoms with Gasteiger partial charge in [0.2, 0.25) is 11.5 Å². The molecule has 0 bridgehead atoms. The fourth-order valence-electron chi connectivity index (χ4n) is 2.43. The van der Waals surface area contributed by atoms with Gasteiger partial charge >= 0.3 is 5.97 Å². The Kier molecular flexibility index (Phi) is 4.24. The van der Waals surface area contributed by atoms with Gasteiger partial charge in [0.15, 0.2) is 17.7 Å². The van der Waals surface area contributed by atoms with Crippen LogP contribution in [0.3, 0.4) is 0 Å². The highest BCUT2D eigenvalue weighted by Gasteiger charge is 2.23. The van der Waals surface area contributed by atoms with Crippen molar-refractivity contribution < 1.29 is 19.1 Å². The Morgan fingerprint density at radius 1 is 1.25 bits per heavy atom. The molecule has 0 amide bonds. The van der Waals surface area contributed by atoms with Crippen molar-refractivity contribution in [2.45, 2.75) is 13.3 Å². The molecule has 0 unspecified atom stereocenters. The quantitative estimate of drug-likeness (QED) is 0.307. The number of carbonyl (C=O) groups is 2. The Morgan fingerprint density at radius 3 is 2.79 bits per heavy atom. The standard InChI is InChI=1S/C17H15N3O4/c1-2-24-17(22)15-13-8-4-5-9-19(13)16(18-15)14(21)11-12-7-3-6-10-20(12)23/h3-10H,2,11H2,1H3. The summed E-state index contributed by atoms with van der Waals surface area (Å²) in [5.41, 5.74) is 0.888. The van der Waals surface area contributed by atoms with Gasteiger partial charge in [0.25, 0.3) is 0 Å². The molecule has 7 heteroatoms. The molecule has 24 heavy (non-hydrogen) atoms. The van der Waals surface area contributed by atoms with Gasteiger partial charge in [-0.15, -0.1) is 0 Å². The SMILES string of the molecule is CCOC(=O)c1nc(C(=O)Cc2cccc[n+]2[O-])n2ccccc12. The van der Waals surface area contributed by atoms with Crippen molar-refractivity contribution in [2.75, 3.05) is 6.61 Å². The van der Waals surface area contributed by atoms with Crippen LogP contribution < -0.4 is 4.73 Å². The summed E-state index contributed by atoms with van der Waals surface area (Å²) in [6.07, 6.45) is 2.87. The van der Waals surface area contributed by atoms with Crippen molar-refractivity contribution in [2.24, 2.45) is 0 Å². The zero-order valence-corrected chi connectivity index (χ0v) is 13.0. The first-order valence-electron chi connectivity index (χ1n) is 7.46. The number of fused-ring (bicyclic) bond motifs is 1. The van der Waals surface area contributed by atoms with Crippen molar-refractivity contribution in [1.82, 2.24) is 9.38 Å². The normalized spacial score (nSPS) is 10.7. The summed E-state index contributed by atoms with van der Waals surface area (Å²) < 4.78 is 7.16. The predicted molar refractivity (Wildman–Crippen MR) is 84.6 cm³/mol. The average Bonchev–Trinajstić information content (AvgIpc) is 2.97. The molecule has 0 aliphatic heterocycles. The maximum absolute atomic E-state index is 12.6. The Hall–Kier alpha value is -3.22. The molecule has 0 N–H and O–H groups in total. The van der Waals surface area contributed by atoms with E-state index in [0.717, 1.165) is 0 Å². The summed E-state index contributed by atoms with van der Waals surface area (Å²) in [4.78, 5) is 28.8. The molecule has 3 aromatic rings. The minimum absolute atomic E-state index is 0.0869. The van der Waals surface area contributed by atoms with Crippen LogP contribution in [0, 0.1) is 5.21 Å². The number of rotatable bonds is 5. The molecule has 0 atom stereocenters. The minimum Gasteiger partial charge on any atom is -0.618 e. The average molecular weight is 325 g/mol. The van der Waals surface area contributed by atoms with Crippen molar-refractivity contribution in [3.63, 3.8) is 0 Å². The number of pyridine rings is 2. The van der Waals surface area contributed by atoms with Crippen LogP contribution in [0.2, 0.25) is 0 Å². The third kappa shape index (κ3) is 2.83. The van der Waals surface area contributed by atoms with Gasteiger partial charge in [0.1, 0.15) is 6.42 Å². The van der Waals surface area contributed by atoms with Crippen LogP contribution in [-0.2, 0) is 11.2 Å². The molecule has 0 radical (unpaired) electrons. The number of nitrogens with zero attached hydrogens (tertiary/aromatic N) is 3. The van der Waals surface area contributed by atoms with Crippen molar-refractivity contribution in [3.8, 4) is 0 Å². The summed E-state index contributed by atoms with van der Waals surface area (Å²) in [7, 11) is 0. The third-order valence-electron chi connectivity index (χ3n) is 3.51. The van der Waals surface area contributed by atoms with E-state index in [4.69, 9.17) is 4.74 Å². The largest absolute Gasteiger partial charge is 0.618 e. The first kappa shape index (κ1) is 15.7. The van der Waals surface area contributed by atoms with E-state index in [9.17, 15) is 14.8 Å². The number of ketones is 1. The molecule has 0 aliphatic rings. The smallest absolute Gasteiger partial charge is 0.359 e. The molecule has 0 saturated carbocycles. The highest BCUT2D eigenvalue weighted by atomic mass is 16.5. The lowest BCUT2D eigenvalue weighted by atomic mass is 10.2. The summed E-state index contributed by atoms with van der Waals surface area (Å²) in [5, 5.41) is 11.7. The van der Waals surface area contributed by atoms with Gasteiger partial charge in [0.05, 0.1) is 12.1 Å². The molecule has 7 nitrogen and oxygen atoms in total. The van der Waals surface area contributed by atoms with Crippen molar-refractivity contribution in [1.29, 1.82) is 0 Å². The van der Waals surface area contributed by atoms with E-state index in [1.165, 1.54) is 10.6 Å². The molecule has 3 rings (SSSR count). The number of esters is 1. The molecule has 0 spiro atoms. The molecule has 0 aliphatic carbocycles. The Labute approximate surface area is 137 Å². The molecule has 3 heterocycles. The Balaban J connectivity index is 2.01. The lowest BCUT2D eigenvalue weighted by Gasteiger charge is -2.03. The van der Waals surface area contributed by atoms with Crippen LogP contribution in [0.4, 0.5) is 0 Å². The van der Waals surface area contributed by atoms with E-state index in [0.29, 0.717) is 15.9 Å². The summed E-state index contributed by atoms with van der Waals surface area (Å²) in [6.45, 7) is 1.92. The molecule has 0 saturated heterocycles. The third-order valence-corrected chi connectivity index (χ3v) is 3.51. The van der Waals surface area contributed by atoms with Gasteiger partial charge in [0, 0.05) is 18.3 Å². The van der Waals surface area contributed by atoms with E-state index in [1.54, 1.807) is 49.5 Å². The van der Waals surface area contributed by atoms with E-state index in [-0.39, 0.29) is 30.3 Å². The van der Waals surface area contributed by atoms with Gasteiger partial charge in [-0.2, -0.15) is 4.73 Å². The zero-order chi connectivity index (χ0) is 17.1. The molecule has 0 fully saturated rings. The molecule has 122 valence electrons. The molecular weight excluding hydrogens is 310 g/mol. The number of imidazole rings is 1. The predicted octanol–water partition coefficient (Wildman–Crippen LogP) is 1.57. The number of aromatic nitrogens is 3. The Bertz CT molecular complexity index is 917. The van der Waals surface area contributed by atoms with Crippen LogP contribution in [0.1, 0.15) is 33.7 Å². The highest BCUT2D eigenvalue weighted by Crippen LogP contribution is 2.16. The first-order chi connectivity index (χ1) is 11.6. The van der Waals surface area contributed by atoms with Gasteiger partial charge in [-0.1, -0.05) is 6.07 Å². The zero-order valence-electron chi connectivity index (χ0n) is 13.0. The van der Waals surface area contributed by atoms with Crippen LogP contribution in [-0.4, -0.2) is 27.7 Å². The maximum Gasteiger partial charge on any atom is 0.359 e. The van der Waals surface area contributed by atoms with E-state index >= 15 is 0 Å². The number of carbonyl (C=O) groups excluding carboxylic acids is 2. The minimum atomic E-state index is -0.584. The second-order valence-electron chi connectivity index (χ2n) is 5.08. The second-order valence-corrected chi connectivity index (χ2v) is 5.08. The second kappa shape index (κ2) is 6.49. The molecule has 3 aromatic heterocycles. The first-order valence-corrected chi connectivity index (χ1v) is 7.46.